The largest absolute Gasteiger partial charge is 0.374 e. The zero-order chi connectivity index (χ0) is 21.1. The molecule has 0 saturated heterocycles. The molecule has 0 aliphatic carbocycles. The molecule has 3 aromatic carbocycles. The number of allylic oxidation sites excluding steroid dienone is 1. The Hall–Kier alpha value is -3.17. The predicted molar refractivity (Wildman–Crippen MR) is 121 cm³/mol. The number of benzene rings is 3. The van der Waals surface area contributed by atoms with Crippen LogP contribution in [-0.2, 0) is 16.9 Å². The van der Waals surface area contributed by atoms with E-state index in [0.717, 1.165) is 28.8 Å². The number of fused-ring (bicyclic) bond motifs is 1. The second-order valence-electron chi connectivity index (χ2n) is 7.89. The molecule has 1 aliphatic rings. The second kappa shape index (κ2) is 8.29. The van der Waals surface area contributed by atoms with Crippen molar-refractivity contribution in [1.82, 2.24) is 0 Å². The molecule has 3 heteroatoms. The smallest absolute Gasteiger partial charge is 0.264 e. The van der Waals surface area contributed by atoms with Gasteiger partial charge in [0.25, 0.3) is 5.91 Å². The quantitative estimate of drug-likeness (QED) is 0.560. The lowest BCUT2D eigenvalue weighted by Crippen LogP contribution is -2.44. The Kier molecular flexibility index (Phi) is 5.56. The highest BCUT2D eigenvalue weighted by Gasteiger charge is 2.54. The van der Waals surface area contributed by atoms with Gasteiger partial charge in [-0.25, -0.2) is 0 Å². The topological polar surface area (TPSA) is 40.5 Å². The summed E-state index contributed by atoms with van der Waals surface area (Å²) in [5.41, 5.74) is 2.78. The van der Waals surface area contributed by atoms with Crippen LogP contribution in [0.25, 0.3) is 0 Å². The lowest BCUT2D eigenvalue weighted by molar-refractivity contribution is -0.137. The van der Waals surface area contributed by atoms with Crippen molar-refractivity contribution in [3.63, 3.8) is 0 Å². The van der Waals surface area contributed by atoms with Crippen molar-refractivity contribution >= 4 is 11.6 Å². The molecular weight excluding hydrogens is 370 g/mol. The van der Waals surface area contributed by atoms with Gasteiger partial charge in [-0.15, -0.1) is 0 Å². The molecule has 0 bridgehead atoms. The maximum atomic E-state index is 13.8. The Bertz CT molecular complexity index is 1060. The van der Waals surface area contributed by atoms with Gasteiger partial charge in [-0.2, -0.15) is 0 Å². The average molecular weight is 398 g/mol. The van der Waals surface area contributed by atoms with Crippen LogP contribution in [-0.4, -0.2) is 11.0 Å². The third-order valence-corrected chi connectivity index (χ3v) is 5.78. The van der Waals surface area contributed by atoms with Gasteiger partial charge in [-0.1, -0.05) is 97.4 Å². The first-order valence-corrected chi connectivity index (χ1v) is 10.5. The standard InChI is InChI=1S/C27H27NO2/c1-3-4-15-23(22-13-9-6-10-14-22)27(30)24-18-20(2)16-17-25(24)28(26(27)29)19-21-11-7-5-8-12-21/h4-18,23,30H,3,19H2,1-2H3/b15-4+/t23-,27-/m0/s1. The fourth-order valence-corrected chi connectivity index (χ4v) is 4.27. The van der Waals surface area contributed by atoms with Gasteiger partial charge in [-0.05, 0) is 30.5 Å². The molecule has 30 heavy (non-hydrogen) atoms. The molecule has 0 spiro atoms. The Labute approximate surface area is 178 Å². The van der Waals surface area contributed by atoms with E-state index in [1.165, 1.54) is 0 Å². The summed E-state index contributed by atoms with van der Waals surface area (Å²) in [6, 6.07) is 25.6. The summed E-state index contributed by atoms with van der Waals surface area (Å²) in [6.45, 7) is 4.47. The predicted octanol–water partition coefficient (Wildman–Crippen LogP) is 5.48. The van der Waals surface area contributed by atoms with Crippen LogP contribution in [0.3, 0.4) is 0 Å². The third-order valence-electron chi connectivity index (χ3n) is 5.78. The normalized spacial score (nSPS) is 19.3. The Morgan fingerprint density at radius 2 is 1.67 bits per heavy atom. The van der Waals surface area contributed by atoms with Crippen LogP contribution >= 0.6 is 0 Å². The molecule has 1 N–H and O–H groups in total. The van der Waals surface area contributed by atoms with Crippen LogP contribution in [0.1, 0.15) is 41.5 Å². The summed E-state index contributed by atoms with van der Waals surface area (Å²) in [5.74, 6) is -0.742. The van der Waals surface area contributed by atoms with E-state index in [4.69, 9.17) is 0 Å². The van der Waals surface area contributed by atoms with Crippen molar-refractivity contribution in [3.05, 3.63) is 113 Å². The number of anilines is 1. The minimum Gasteiger partial charge on any atom is -0.374 e. The summed E-state index contributed by atoms with van der Waals surface area (Å²) in [7, 11) is 0. The maximum absolute atomic E-state index is 13.8. The van der Waals surface area contributed by atoms with Crippen molar-refractivity contribution in [2.24, 2.45) is 0 Å². The Morgan fingerprint density at radius 1 is 1.00 bits per heavy atom. The lowest BCUT2D eigenvalue weighted by Gasteiger charge is -2.31. The van der Waals surface area contributed by atoms with E-state index in [1.54, 1.807) is 4.90 Å². The number of carbonyl (C=O) groups is 1. The fraction of sp³-hybridized carbons (Fsp3) is 0.222. The Morgan fingerprint density at radius 3 is 2.33 bits per heavy atom. The zero-order valence-electron chi connectivity index (χ0n) is 17.5. The number of carbonyl (C=O) groups excluding carboxylic acids is 1. The monoisotopic (exact) mass is 397 g/mol. The van der Waals surface area contributed by atoms with Gasteiger partial charge in [0.1, 0.15) is 0 Å². The highest BCUT2D eigenvalue weighted by atomic mass is 16.3. The molecule has 1 aliphatic heterocycles. The SMILES string of the molecule is CC/C=C/[C@@H](c1ccccc1)[C@@]1(O)C(=O)N(Cc2ccccc2)c2ccc(C)cc21. The van der Waals surface area contributed by atoms with E-state index in [-0.39, 0.29) is 5.91 Å². The number of nitrogens with zero attached hydrogens (tertiary/aromatic N) is 1. The van der Waals surface area contributed by atoms with E-state index < -0.39 is 11.5 Å². The number of hydrogen-bond acceptors (Lipinski definition) is 2. The van der Waals surface area contributed by atoms with Crippen molar-refractivity contribution in [2.75, 3.05) is 4.90 Å². The van der Waals surface area contributed by atoms with Gasteiger partial charge >= 0.3 is 0 Å². The van der Waals surface area contributed by atoms with E-state index in [0.29, 0.717) is 12.1 Å². The van der Waals surface area contributed by atoms with Crippen LogP contribution in [0.5, 0.6) is 0 Å². The highest BCUT2D eigenvalue weighted by Crippen LogP contribution is 2.49. The molecule has 3 nitrogen and oxygen atoms in total. The molecule has 0 aromatic heterocycles. The number of aryl methyl sites for hydroxylation is 1. The molecule has 0 unspecified atom stereocenters. The van der Waals surface area contributed by atoms with Crippen LogP contribution in [0.2, 0.25) is 0 Å². The van der Waals surface area contributed by atoms with Crippen molar-refractivity contribution in [1.29, 1.82) is 0 Å². The van der Waals surface area contributed by atoms with Gasteiger partial charge in [0.2, 0.25) is 0 Å². The van der Waals surface area contributed by atoms with Gasteiger partial charge < -0.3 is 10.0 Å². The van der Waals surface area contributed by atoms with E-state index >= 15 is 0 Å². The third kappa shape index (κ3) is 3.46. The number of hydrogen-bond donors (Lipinski definition) is 1. The Balaban J connectivity index is 1.86. The fourth-order valence-electron chi connectivity index (χ4n) is 4.27. The molecule has 3 aromatic rings. The lowest BCUT2D eigenvalue weighted by atomic mass is 9.77. The average Bonchev–Trinajstić information content (AvgIpc) is 2.97. The van der Waals surface area contributed by atoms with Gasteiger partial charge in [-0.3, -0.25) is 4.79 Å². The molecule has 1 amide bonds. The van der Waals surface area contributed by atoms with Crippen LogP contribution in [0.15, 0.2) is 91.0 Å². The summed E-state index contributed by atoms with van der Waals surface area (Å²) in [5, 5.41) is 12.1. The molecule has 0 saturated carbocycles. The van der Waals surface area contributed by atoms with Gasteiger partial charge in [0.05, 0.1) is 12.2 Å². The number of aliphatic hydroxyl groups is 1. The summed E-state index contributed by atoms with van der Waals surface area (Å²) >= 11 is 0. The van der Waals surface area contributed by atoms with Crippen LogP contribution < -0.4 is 4.90 Å². The first kappa shape index (κ1) is 20.1. The van der Waals surface area contributed by atoms with Crippen molar-refractivity contribution in [3.8, 4) is 0 Å². The number of rotatable bonds is 6. The van der Waals surface area contributed by atoms with Gasteiger partial charge in [0, 0.05) is 11.5 Å². The van der Waals surface area contributed by atoms with Crippen molar-refractivity contribution in [2.45, 2.75) is 38.3 Å². The molecule has 0 radical (unpaired) electrons. The highest BCUT2D eigenvalue weighted by molar-refractivity contribution is 6.07. The molecule has 1 heterocycles. The second-order valence-corrected chi connectivity index (χ2v) is 7.89. The molecule has 2 atom stereocenters. The summed E-state index contributed by atoms with van der Waals surface area (Å²) in [6.07, 6.45) is 4.84. The minimum atomic E-state index is -1.65. The van der Waals surface area contributed by atoms with Crippen molar-refractivity contribution < 1.29 is 9.90 Å². The maximum Gasteiger partial charge on any atom is 0.264 e. The van der Waals surface area contributed by atoms with E-state index in [2.05, 4.69) is 6.92 Å². The molecular formula is C27H27NO2. The zero-order valence-corrected chi connectivity index (χ0v) is 17.5. The first-order chi connectivity index (χ1) is 14.6. The molecule has 4 rings (SSSR count). The molecule has 152 valence electrons. The minimum absolute atomic E-state index is 0.276. The van der Waals surface area contributed by atoms with Crippen LogP contribution in [0.4, 0.5) is 5.69 Å². The first-order valence-electron chi connectivity index (χ1n) is 10.5. The number of amides is 1. The van der Waals surface area contributed by atoms with Gasteiger partial charge in [0.15, 0.2) is 5.60 Å². The van der Waals surface area contributed by atoms with E-state index in [9.17, 15) is 9.90 Å². The summed E-state index contributed by atoms with van der Waals surface area (Å²) < 4.78 is 0. The summed E-state index contributed by atoms with van der Waals surface area (Å²) in [4.78, 5) is 15.5. The van der Waals surface area contributed by atoms with E-state index in [1.807, 2.05) is 97.9 Å². The molecule has 0 fully saturated rings. The van der Waals surface area contributed by atoms with Crippen LogP contribution in [0, 0.1) is 6.92 Å².